The smallest absolute Gasteiger partial charge is 0.307 e. The Hall–Kier alpha value is -3.85. The van der Waals surface area contributed by atoms with E-state index in [0.717, 1.165) is 22.7 Å². The molecular formula is C22H18N4O4S. The highest BCUT2D eigenvalue weighted by molar-refractivity contribution is 7.80. The quantitative estimate of drug-likeness (QED) is 0.284. The molecule has 0 saturated carbocycles. The van der Waals surface area contributed by atoms with Gasteiger partial charge in [-0.3, -0.25) is 19.3 Å². The number of carbonyl (C=O) groups excluding carboxylic acids is 3. The summed E-state index contributed by atoms with van der Waals surface area (Å²) in [6, 6.07) is 14.2. The third-order valence-electron chi connectivity index (χ3n) is 4.99. The van der Waals surface area contributed by atoms with Crippen LogP contribution >= 0.6 is 12.2 Å². The van der Waals surface area contributed by atoms with E-state index in [2.05, 4.69) is 15.8 Å². The Morgan fingerprint density at radius 1 is 1.16 bits per heavy atom. The van der Waals surface area contributed by atoms with Crippen molar-refractivity contribution in [3.63, 3.8) is 0 Å². The summed E-state index contributed by atoms with van der Waals surface area (Å²) in [5.41, 5.74) is 5.44. The summed E-state index contributed by atoms with van der Waals surface area (Å²) in [5.74, 6) is -2.95. The predicted octanol–water partition coefficient (Wildman–Crippen LogP) is 2.83. The topological polar surface area (TPSA) is 104 Å². The second kappa shape index (κ2) is 8.11. The average Bonchev–Trinajstić information content (AvgIpc) is 3.17. The van der Waals surface area contributed by atoms with Crippen molar-refractivity contribution >= 4 is 57.9 Å². The van der Waals surface area contributed by atoms with E-state index in [1.807, 2.05) is 38.1 Å². The van der Waals surface area contributed by atoms with E-state index in [1.54, 1.807) is 24.3 Å². The van der Waals surface area contributed by atoms with E-state index in [4.69, 9.17) is 16.6 Å². The average molecular weight is 434 g/mol. The van der Waals surface area contributed by atoms with Crippen molar-refractivity contribution < 1.29 is 18.8 Å². The van der Waals surface area contributed by atoms with Gasteiger partial charge in [-0.25, -0.2) is 5.43 Å². The third-order valence-corrected chi connectivity index (χ3v) is 5.27. The summed E-state index contributed by atoms with van der Waals surface area (Å²) >= 11 is 5.19. The van der Waals surface area contributed by atoms with Crippen LogP contribution in [-0.2, 0) is 9.59 Å². The first-order chi connectivity index (χ1) is 14.8. The molecule has 31 heavy (non-hydrogen) atoms. The van der Waals surface area contributed by atoms with Gasteiger partial charge in [0.05, 0.1) is 5.69 Å². The van der Waals surface area contributed by atoms with Gasteiger partial charge in [0.2, 0.25) is 5.91 Å². The first-order valence-corrected chi connectivity index (χ1v) is 9.84. The molecule has 2 N–H and O–H groups in total. The minimum Gasteiger partial charge on any atom is -0.451 e. The van der Waals surface area contributed by atoms with Crippen LogP contribution in [0.2, 0.25) is 0 Å². The van der Waals surface area contributed by atoms with E-state index in [9.17, 15) is 14.4 Å². The van der Waals surface area contributed by atoms with Gasteiger partial charge in [0.1, 0.15) is 5.58 Å². The number of hydrazone groups is 1. The zero-order valence-corrected chi connectivity index (χ0v) is 17.5. The Kier molecular flexibility index (Phi) is 5.35. The maximum atomic E-state index is 13.0. The van der Waals surface area contributed by atoms with Crippen molar-refractivity contribution in [2.75, 3.05) is 4.90 Å². The highest BCUT2D eigenvalue weighted by atomic mass is 32.1. The normalized spacial score (nSPS) is 16.8. The Bertz CT molecular complexity index is 1230. The molecule has 8 nitrogen and oxygen atoms in total. The van der Waals surface area contributed by atoms with E-state index in [0.29, 0.717) is 11.3 Å². The summed E-state index contributed by atoms with van der Waals surface area (Å²) in [4.78, 5) is 38.8. The number of hydrogen-bond acceptors (Lipinski definition) is 6. The fourth-order valence-corrected chi connectivity index (χ4v) is 3.45. The first kappa shape index (κ1) is 20.4. The molecule has 2 aromatic carbocycles. The number of carbonyl (C=O) groups is 3. The van der Waals surface area contributed by atoms with Crippen molar-refractivity contribution in [1.82, 2.24) is 10.7 Å². The van der Waals surface area contributed by atoms with E-state index >= 15 is 0 Å². The Morgan fingerprint density at radius 2 is 1.94 bits per heavy atom. The number of thiocarbonyl (C=S) groups is 1. The molecule has 9 heteroatoms. The second-order valence-corrected chi connectivity index (χ2v) is 7.47. The maximum absolute atomic E-state index is 13.0. The largest absolute Gasteiger partial charge is 0.451 e. The number of benzene rings is 2. The SMILES string of the molecule is Cc1ccc(N2C(=O)[C@H](/C=N\NC(=O)c3cc4ccccc4o3)C(=O)NC2=S)cc1C. The van der Waals surface area contributed by atoms with Gasteiger partial charge in [-0.1, -0.05) is 24.3 Å². The molecule has 0 spiro atoms. The van der Waals surface area contributed by atoms with E-state index in [-0.39, 0.29) is 10.9 Å². The van der Waals surface area contributed by atoms with Crippen LogP contribution in [0.1, 0.15) is 21.7 Å². The molecule has 0 unspecified atom stereocenters. The summed E-state index contributed by atoms with van der Waals surface area (Å²) in [7, 11) is 0. The highest BCUT2D eigenvalue weighted by Gasteiger charge is 2.38. The molecule has 0 aliphatic carbocycles. The third kappa shape index (κ3) is 3.95. The van der Waals surface area contributed by atoms with Crippen LogP contribution in [-0.4, -0.2) is 29.0 Å². The Balaban J connectivity index is 1.51. The lowest BCUT2D eigenvalue weighted by molar-refractivity contribution is -0.130. The minimum atomic E-state index is -1.25. The number of anilines is 1. The van der Waals surface area contributed by atoms with Gasteiger partial charge in [0, 0.05) is 11.6 Å². The standard InChI is InChI=1S/C22H18N4O4S/c1-12-7-8-15(9-13(12)2)26-21(29)16(19(27)24-22(26)31)11-23-25-20(28)18-10-14-5-3-4-6-17(14)30-18/h3-11,16H,1-2H3,(H,25,28)(H,24,27,31)/b23-11-/t16-/m1/s1. The van der Waals surface area contributed by atoms with Gasteiger partial charge in [0.15, 0.2) is 16.8 Å². The van der Waals surface area contributed by atoms with Gasteiger partial charge in [-0.2, -0.15) is 5.10 Å². The molecule has 1 aliphatic heterocycles. The highest BCUT2D eigenvalue weighted by Crippen LogP contribution is 2.23. The molecule has 2 heterocycles. The van der Waals surface area contributed by atoms with Crippen molar-refractivity contribution in [3.8, 4) is 0 Å². The van der Waals surface area contributed by atoms with Gasteiger partial charge < -0.3 is 9.73 Å². The maximum Gasteiger partial charge on any atom is 0.307 e. The van der Waals surface area contributed by atoms with Crippen molar-refractivity contribution in [2.24, 2.45) is 11.0 Å². The molecule has 0 bridgehead atoms. The van der Waals surface area contributed by atoms with Crippen LogP contribution in [0.3, 0.4) is 0 Å². The van der Waals surface area contributed by atoms with Gasteiger partial charge in [-0.15, -0.1) is 0 Å². The number of furan rings is 1. The van der Waals surface area contributed by atoms with E-state index in [1.165, 1.54) is 4.90 Å². The van der Waals surface area contributed by atoms with Gasteiger partial charge in [-0.05, 0) is 61.5 Å². The fourth-order valence-electron chi connectivity index (χ4n) is 3.15. The van der Waals surface area contributed by atoms with Crippen LogP contribution in [0.5, 0.6) is 0 Å². The number of nitrogens with zero attached hydrogens (tertiary/aromatic N) is 2. The summed E-state index contributed by atoms with van der Waals surface area (Å²) < 4.78 is 5.47. The monoisotopic (exact) mass is 434 g/mol. The molecule has 1 atom stereocenters. The lowest BCUT2D eigenvalue weighted by atomic mass is 10.0. The number of aryl methyl sites for hydroxylation is 2. The summed E-state index contributed by atoms with van der Waals surface area (Å²) in [5, 5.41) is 7.06. The zero-order chi connectivity index (χ0) is 22.1. The van der Waals surface area contributed by atoms with Crippen LogP contribution in [0.15, 0.2) is 58.0 Å². The van der Waals surface area contributed by atoms with Crippen molar-refractivity contribution in [2.45, 2.75) is 13.8 Å². The van der Waals surface area contributed by atoms with Crippen LogP contribution in [0.25, 0.3) is 11.0 Å². The molecule has 156 valence electrons. The second-order valence-electron chi connectivity index (χ2n) is 7.08. The van der Waals surface area contributed by atoms with Crippen molar-refractivity contribution in [1.29, 1.82) is 0 Å². The number of rotatable bonds is 4. The summed E-state index contributed by atoms with van der Waals surface area (Å²) in [6.07, 6.45) is 1.08. The molecule has 1 saturated heterocycles. The summed E-state index contributed by atoms with van der Waals surface area (Å²) in [6.45, 7) is 3.87. The molecule has 1 fully saturated rings. The molecule has 3 aromatic rings. The predicted molar refractivity (Wildman–Crippen MR) is 120 cm³/mol. The lowest BCUT2D eigenvalue weighted by Gasteiger charge is -2.31. The van der Waals surface area contributed by atoms with Crippen LogP contribution < -0.4 is 15.6 Å². The molecule has 3 amide bonds. The lowest BCUT2D eigenvalue weighted by Crippen LogP contribution is -2.58. The molecule has 1 aliphatic rings. The molecule has 1 aromatic heterocycles. The number of nitrogens with one attached hydrogen (secondary N) is 2. The first-order valence-electron chi connectivity index (χ1n) is 9.43. The van der Waals surface area contributed by atoms with E-state index < -0.39 is 23.6 Å². The number of para-hydroxylation sites is 1. The zero-order valence-electron chi connectivity index (χ0n) is 16.7. The Labute approximate surface area is 182 Å². The Morgan fingerprint density at radius 3 is 2.68 bits per heavy atom. The van der Waals surface area contributed by atoms with Gasteiger partial charge >= 0.3 is 5.91 Å². The molecule has 0 radical (unpaired) electrons. The minimum absolute atomic E-state index is 0.00536. The number of hydrogen-bond donors (Lipinski definition) is 2. The fraction of sp³-hybridized carbons (Fsp3) is 0.136. The molecule has 4 rings (SSSR count). The van der Waals surface area contributed by atoms with Crippen LogP contribution in [0.4, 0.5) is 5.69 Å². The van der Waals surface area contributed by atoms with Crippen LogP contribution in [0, 0.1) is 19.8 Å². The number of fused-ring (bicyclic) bond motifs is 1. The van der Waals surface area contributed by atoms with Crippen molar-refractivity contribution in [3.05, 3.63) is 65.4 Å². The van der Waals surface area contributed by atoms with Gasteiger partial charge in [0.25, 0.3) is 5.91 Å². The number of amides is 3. The molecular weight excluding hydrogens is 416 g/mol.